The van der Waals surface area contributed by atoms with Crippen LogP contribution >= 0.6 is 15.6 Å². The van der Waals surface area contributed by atoms with Crippen LogP contribution < -0.4 is 0 Å². The molecule has 19 heteroatoms. The maximum Gasteiger partial charge on any atom is 0.472 e. The zero-order valence-electron chi connectivity index (χ0n) is 62.3. The molecular weight excluding hydrogens is 1250 g/mol. The smallest absolute Gasteiger partial charge is 0.462 e. The van der Waals surface area contributed by atoms with Gasteiger partial charge < -0.3 is 33.8 Å². The Kier molecular flexibility index (Phi) is 64.0. The molecule has 0 aromatic rings. The first-order valence-electron chi connectivity index (χ1n) is 39.2. The molecule has 0 aromatic carbocycles. The SMILES string of the molecule is CCC(C)CCCCCCCCCCCCCCCCC(=O)O[C@H](COC(=O)CCCCCCCCCCCCC(C)C)COP(=O)(O)OC[C@@H](O)COP(=O)(O)OC[C@@H](COC(=O)CCCCCCCCC(C)C)OC(=O)CCCCCCCCCCCCCCC(C)C. The summed E-state index contributed by atoms with van der Waals surface area (Å²) < 4.78 is 68.5. The quantitative estimate of drug-likeness (QED) is 0.0222. The Morgan fingerprint density at radius 1 is 0.295 bits per heavy atom. The van der Waals surface area contributed by atoms with Crippen molar-refractivity contribution in [1.82, 2.24) is 0 Å². The number of hydrogen-bond donors (Lipinski definition) is 3. The summed E-state index contributed by atoms with van der Waals surface area (Å²) in [6.07, 6.45) is 50.0. The molecule has 0 fully saturated rings. The van der Waals surface area contributed by atoms with Crippen LogP contribution in [0.5, 0.6) is 0 Å². The Morgan fingerprint density at radius 3 is 0.747 bits per heavy atom. The van der Waals surface area contributed by atoms with Gasteiger partial charge >= 0.3 is 39.5 Å². The highest BCUT2D eigenvalue weighted by Gasteiger charge is 2.30. The molecule has 6 atom stereocenters. The summed E-state index contributed by atoms with van der Waals surface area (Å²) >= 11 is 0. The van der Waals surface area contributed by atoms with Crippen molar-refractivity contribution in [3.63, 3.8) is 0 Å². The van der Waals surface area contributed by atoms with Gasteiger partial charge in [-0.1, -0.05) is 331 Å². The Balaban J connectivity index is 5.24. The lowest BCUT2D eigenvalue weighted by Crippen LogP contribution is -2.30. The highest BCUT2D eigenvalue weighted by atomic mass is 31.2. The number of phosphoric ester groups is 2. The lowest BCUT2D eigenvalue weighted by Gasteiger charge is -2.21. The summed E-state index contributed by atoms with van der Waals surface area (Å²) in [7, 11) is -9.91. The van der Waals surface area contributed by atoms with Crippen LogP contribution in [-0.2, 0) is 65.4 Å². The maximum atomic E-state index is 13.1. The third kappa shape index (κ3) is 69.0. The molecule has 0 heterocycles. The number of rotatable bonds is 73. The third-order valence-electron chi connectivity index (χ3n) is 17.9. The topological polar surface area (TPSA) is 237 Å². The summed E-state index contributed by atoms with van der Waals surface area (Å²) in [5, 5.41) is 10.6. The summed E-state index contributed by atoms with van der Waals surface area (Å²) in [5.41, 5.74) is 0. The molecule has 3 unspecified atom stereocenters. The predicted octanol–water partition coefficient (Wildman–Crippen LogP) is 22.0. The van der Waals surface area contributed by atoms with Gasteiger partial charge in [-0.3, -0.25) is 37.3 Å². The van der Waals surface area contributed by atoms with E-state index in [2.05, 4.69) is 55.4 Å². The van der Waals surface area contributed by atoms with E-state index in [9.17, 15) is 43.2 Å². The highest BCUT2D eigenvalue weighted by Crippen LogP contribution is 2.45. The van der Waals surface area contributed by atoms with Gasteiger partial charge in [-0.05, 0) is 49.4 Å². The van der Waals surface area contributed by atoms with Crippen LogP contribution in [0.2, 0.25) is 0 Å². The van der Waals surface area contributed by atoms with E-state index in [0.29, 0.717) is 31.6 Å². The zero-order valence-corrected chi connectivity index (χ0v) is 64.1. The van der Waals surface area contributed by atoms with Crippen molar-refractivity contribution < 1.29 is 80.2 Å². The minimum Gasteiger partial charge on any atom is -0.462 e. The molecule has 0 spiro atoms. The molecule has 3 N–H and O–H groups in total. The normalized spacial score (nSPS) is 14.4. The summed E-state index contributed by atoms with van der Waals surface area (Å²) in [6.45, 7) is 14.2. The van der Waals surface area contributed by atoms with E-state index >= 15 is 0 Å². The van der Waals surface area contributed by atoms with Gasteiger partial charge in [0.15, 0.2) is 12.2 Å². The van der Waals surface area contributed by atoms with E-state index < -0.39 is 97.5 Å². The van der Waals surface area contributed by atoms with E-state index in [0.717, 1.165) is 114 Å². The standard InChI is InChI=1S/C76H148O17P2/c1-9-69(8)55-47-39-30-24-17-12-10-11-13-18-26-32-42-50-58-75(80)92-71(62-86-73(78)56-48-40-31-25-21-20-23-29-37-45-53-67(4)5)64-90-94(82,83)88-60-70(77)61-89-95(84,85)91-65-72(63-87-74(79)57-49-41-35-34-38-46-54-68(6)7)93-76(81)59-51-43-33-27-19-15-14-16-22-28-36-44-52-66(2)3/h66-72,77H,9-65H2,1-8H3,(H,82,83)(H,84,85)/t69?,70-,71-,72-/m1/s1. The summed E-state index contributed by atoms with van der Waals surface area (Å²) in [4.78, 5) is 72.8. The van der Waals surface area contributed by atoms with Gasteiger partial charge in [-0.15, -0.1) is 0 Å². The molecule has 0 aliphatic rings. The molecule has 0 aromatic heterocycles. The van der Waals surface area contributed by atoms with Crippen molar-refractivity contribution in [2.75, 3.05) is 39.6 Å². The molecule has 0 saturated carbocycles. The second-order valence-corrected chi connectivity index (χ2v) is 32.0. The highest BCUT2D eigenvalue weighted by molar-refractivity contribution is 7.47. The number of hydrogen-bond acceptors (Lipinski definition) is 15. The zero-order chi connectivity index (χ0) is 70.3. The monoisotopic (exact) mass is 1400 g/mol. The average Bonchev–Trinajstić information content (AvgIpc) is 1.62. The molecule has 95 heavy (non-hydrogen) atoms. The van der Waals surface area contributed by atoms with Crippen molar-refractivity contribution in [2.45, 2.75) is 401 Å². The molecular formula is C76H148O17P2. The van der Waals surface area contributed by atoms with Gasteiger partial charge in [0.1, 0.15) is 19.3 Å². The Morgan fingerprint density at radius 2 is 0.505 bits per heavy atom. The van der Waals surface area contributed by atoms with E-state index in [1.807, 2.05) is 0 Å². The third-order valence-corrected chi connectivity index (χ3v) is 19.8. The van der Waals surface area contributed by atoms with E-state index in [4.69, 9.17) is 37.0 Å². The molecule has 17 nitrogen and oxygen atoms in total. The van der Waals surface area contributed by atoms with Crippen molar-refractivity contribution in [2.24, 2.45) is 23.7 Å². The fraction of sp³-hybridized carbons (Fsp3) is 0.947. The molecule has 0 amide bonds. The number of carbonyl (C=O) groups is 4. The van der Waals surface area contributed by atoms with E-state index in [-0.39, 0.29) is 25.7 Å². The van der Waals surface area contributed by atoms with Crippen LogP contribution in [0.4, 0.5) is 0 Å². The largest absolute Gasteiger partial charge is 0.472 e. The fourth-order valence-corrected chi connectivity index (χ4v) is 13.1. The average molecular weight is 1400 g/mol. The number of aliphatic hydroxyl groups is 1. The maximum absolute atomic E-state index is 13.1. The van der Waals surface area contributed by atoms with E-state index in [1.54, 1.807) is 0 Å². The van der Waals surface area contributed by atoms with Crippen LogP contribution in [-0.4, -0.2) is 96.7 Å². The van der Waals surface area contributed by atoms with Crippen LogP contribution in [0.3, 0.4) is 0 Å². The van der Waals surface area contributed by atoms with E-state index in [1.165, 1.54) is 180 Å². The molecule has 0 aliphatic carbocycles. The van der Waals surface area contributed by atoms with Crippen LogP contribution in [0.1, 0.15) is 383 Å². The van der Waals surface area contributed by atoms with Crippen LogP contribution in [0.25, 0.3) is 0 Å². The Hall–Kier alpha value is -1.94. The molecule has 564 valence electrons. The van der Waals surface area contributed by atoms with Crippen molar-refractivity contribution in [1.29, 1.82) is 0 Å². The summed E-state index contributed by atoms with van der Waals surface area (Å²) in [5.74, 6) is 0.938. The molecule has 0 rings (SSSR count). The summed E-state index contributed by atoms with van der Waals surface area (Å²) in [6, 6.07) is 0. The van der Waals surface area contributed by atoms with Gasteiger partial charge in [0.05, 0.1) is 26.4 Å². The first-order chi connectivity index (χ1) is 45.6. The van der Waals surface area contributed by atoms with Crippen molar-refractivity contribution in [3.8, 4) is 0 Å². The Labute approximate surface area is 581 Å². The van der Waals surface area contributed by atoms with Gasteiger partial charge in [-0.2, -0.15) is 0 Å². The first-order valence-corrected chi connectivity index (χ1v) is 42.2. The fourth-order valence-electron chi connectivity index (χ4n) is 11.5. The number of aliphatic hydroxyl groups excluding tert-OH is 1. The number of ether oxygens (including phenoxy) is 4. The number of unbranched alkanes of at least 4 members (excludes halogenated alkanes) is 38. The first kappa shape index (κ1) is 93.1. The van der Waals surface area contributed by atoms with Crippen LogP contribution in [0, 0.1) is 23.7 Å². The van der Waals surface area contributed by atoms with Gasteiger partial charge in [-0.25, -0.2) is 9.13 Å². The lowest BCUT2D eigenvalue weighted by molar-refractivity contribution is -0.161. The lowest BCUT2D eigenvalue weighted by atomic mass is 9.99. The number of phosphoric acid groups is 2. The van der Waals surface area contributed by atoms with Gasteiger partial charge in [0.2, 0.25) is 0 Å². The minimum atomic E-state index is -4.96. The second kappa shape index (κ2) is 65.4. The molecule has 0 bridgehead atoms. The Bertz CT molecular complexity index is 1870. The van der Waals surface area contributed by atoms with Gasteiger partial charge in [0, 0.05) is 25.7 Å². The van der Waals surface area contributed by atoms with Crippen molar-refractivity contribution in [3.05, 3.63) is 0 Å². The molecule has 0 aliphatic heterocycles. The molecule has 0 radical (unpaired) electrons. The number of esters is 4. The van der Waals surface area contributed by atoms with Gasteiger partial charge in [0.25, 0.3) is 0 Å². The number of carbonyl (C=O) groups excluding carboxylic acids is 4. The van der Waals surface area contributed by atoms with Crippen molar-refractivity contribution >= 4 is 39.5 Å². The van der Waals surface area contributed by atoms with Crippen LogP contribution in [0.15, 0.2) is 0 Å². The minimum absolute atomic E-state index is 0.105. The second-order valence-electron chi connectivity index (χ2n) is 29.1. The molecule has 0 saturated heterocycles. The predicted molar refractivity (Wildman–Crippen MR) is 386 cm³/mol.